The Labute approximate surface area is 128 Å². The van der Waals surface area contributed by atoms with E-state index in [1.54, 1.807) is 14.2 Å². The topological polar surface area (TPSA) is 47.7 Å². The number of nitrogens with two attached hydrogens (primary N) is 1. The molecule has 0 spiro atoms. The van der Waals surface area contributed by atoms with Crippen molar-refractivity contribution in [1.82, 2.24) is 4.90 Å². The van der Waals surface area contributed by atoms with Crippen molar-refractivity contribution in [3.8, 4) is 11.5 Å². The van der Waals surface area contributed by atoms with Crippen molar-refractivity contribution in [3.63, 3.8) is 0 Å². The van der Waals surface area contributed by atoms with Gasteiger partial charge in [0.05, 0.1) is 14.2 Å². The summed E-state index contributed by atoms with van der Waals surface area (Å²) in [4.78, 5) is 2.56. The van der Waals surface area contributed by atoms with E-state index in [1.165, 1.54) is 18.4 Å². The third kappa shape index (κ3) is 3.50. The van der Waals surface area contributed by atoms with Crippen molar-refractivity contribution >= 4 is 0 Å². The second kappa shape index (κ2) is 7.66. The number of hydrogen-bond acceptors (Lipinski definition) is 4. The Morgan fingerprint density at radius 3 is 2.71 bits per heavy atom. The molecule has 0 saturated carbocycles. The molecule has 0 radical (unpaired) electrons. The van der Waals surface area contributed by atoms with Crippen molar-refractivity contribution in [3.05, 3.63) is 23.8 Å². The van der Waals surface area contributed by atoms with Crippen LogP contribution in [0.3, 0.4) is 0 Å². The van der Waals surface area contributed by atoms with Crippen LogP contribution in [-0.2, 0) is 0 Å². The van der Waals surface area contributed by atoms with Gasteiger partial charge in [-0.2, -0.15) is 0 Å². The summed E-state index contributed by atoms with van der Waals surface area (Å²) in [6, 6.07) is 6.48. The van der Waals surface area contributed by atoms with Crippen LogP contribution >= 0.6 is 0 Å². The smallest absolute Gasteiger partial charge is 0.127 e. The zero-order chi connectivity index (χ0) is 15.2. The maximum atomic E-state index is 6.04. The minimum Gasteiger partial charge on any atom is -0.497 e. The van der Waals surface area contributed by atoms with Gasteiger partial charge in [-0.15, -0.1) is 0 Å². The van der Waals surface area contributed by atoms with E-state index in [1.807, 2.05) is 12.1 Å². The van der Waals surface area contributed by atoms with Gasteiger partial charge >= 0.3 is 0 Å². The van der Waals surface area contributed by atoms with Gasteiger partial charge in [0.15, 0.2) is 0 Å². The van der Waals surface area contributed by atoms with Gasteiger partial charge in [-0.1, -0.05) is 13.0 Å². The average molecular weight is 292 g/mol. The highest BCUT2D eigenvalue weighted by Crippen LogP contribution is 2.40. The normalized spacial score (nSPS) is 23.0. The molecular formula is C17H28N2O2. The van der Waals surface area contributed by atoms with Gasteiger partial charge in [0.1, 0.15) is 11.5 Å². The lowest BCUT2D eigenvalue weighted by atomic mass is 9.84. The number of nitrogens with zero attached hydrogens (tertiary/aromatic N) is 1. The van der Waals surface area contributed by atoms with E-state index in [2.05, 4.69) is 17.9 Å². The molecule has 1 aliphatic rings. The highest BCUT2D eigenvalue weighted by molar-refractivity contribution is 5.43. The van der Waals surface area contributed by atoms with E-state index in [0.29, 0.717) is 12.0 Å². The average Bonchev–Trinajstić information content (AvgIpc) is 2.54. The van der Waals surface area contributed by atoms with Crippen LogP contribution in [0.2, 0.25) is 0 Å². The Balaban J connectivity index is 2.37. The summed E-state index contributed by atoms with van der Waals surface area (Å²) < 4.78 is 10.9. The summed E-state index contributed by atoms with van der Waals surface area (Å²) in [5.41, 5.74) is 7.28. The quantitative estimate of drug-likeness (QED) is 0.876. The summed E-state index contributed by atoms with van der Waals surface area (Å²) in [6.45, 7) is 5.20. The first-order chi connectivity index (χ1) is 10.2. The van der Waals surface area contributed by atoms with E-state index in [0.717, 1.165) is 37.6 Å². The molecule has 1 heterocycles. The summed E-state index contributed by atoms with van der Waals surface area (Å²) >= 11 is 0. The first-order valence-electron chi connectivity index (χ1n) is 7.91. The third-order valence-electron chi connectivity index (χ3n) is 4.43. The zero-order valence-corrected chi connectivity index (χ0v) is 13.5. The predicted octanol–water partition coefficient (Wildman–Crippen LogP) is 2.83. The van der Waals surface area contributed by atoms with Gasteiger partial charge in [0.2, 0.25) is 0 Å². The fourth-order valence-corrected chi connectivity index (χ4v) is 3.45. The largest absolute Gasteiger partial charge is 0.497 e. The number of piperidine rings is 1. The van der Waals surface area contributed by atoms with Crippen LogP contribution in [-0.4, -0.2) is 38.8 Å². The van der Waals surface area contributed by atoms with Gasteiger partial charge in [0, 0.05) is 17.7 Å². The van der Waals surface area contributed by atoms with Crippen molar-refractivity contribution in [1.29, 1.82) is 0 Å². The molecule has 0 aliphatic carbocycles. The molecule has 118 valence electrons. The highest BCUT2D eigenvalue weighted by atomic mass is 16.5. The fourth-order valence-electron chi connectivity index (χ4n) is 3.45. The second-order valence-corrected chi connectivity index (χ2v) is 5.73. The predicted molar refractivity (Wildman–Crippen MR) is 85.9 cm³/mol. The molecule has 1 aromatic rings. The SMILES string of the molecule is CCCN1CCCC(CN)C1c1ccc(OC)cc1OC. The summed E-state index contributed by atoms with van der Waals surface area (Å²) in [5.74, 6) is 2.23. The Morgan fingerprint density at radius 1 is 1.29 bits per heavy atom. The number of methoxy groups -OCH3 is 2. The summed E-state index contributed by atoms with van der Waals surface area (Å²) in [5, 5.41) is 0. The molecule has 2 unspecified atom stereocenters. The monoisotopic (exact) mass is 292 g/mol. The molecule has 1 fully saturated rings. The second-order valence-electron chi connectivity index (χ2n) is 5.73. The van der Waals surface area contributed by atoms with E-state index in [9.17, 15) is 0 Å². The van der Waals surface area contributed by atoms with Crippen molar-refractivity contribution in [2.24, 2.45) is 11.7 Å². The molecule has 0 amide bonds. The lowest BCUT2D eigenvalue weighted by Gasteiger charge is -2.41. The number of rotatable bonds is 6. The number of likely N-dealkylation sites (tertiary alicyclic amines) is 1. The van der Waals surface area contributed by atoms with Crippen LogP contribution in [0.15, 0.2) is 18.2 Å². The van der Waals surface area contributed by atoms with Crippen LogP contribution in [0.4, 0.5) is 0 Å². The lowest BCUT2D eigenvalue weighted by molar-refractivity contribution is 0.0939. The van der Waals surface area contributed by atoms with Gasteiger partial charge in [-0.25, -0.2) is 0 Å². The molecule has 2 rings (SSSR count). The van der Waals surface area contributed by atoms with Crippen molar-refractivity contribution < 1.29 is 9.47 Å². The van der Waals surface area contributed by atoms with Crippen LogP contribution in [0.5, 0.6) is 11.5 Å². The standard InChI is InChI=1S/C17H28N2O2/c1-4-9-19-10-5-6-13(12-18)17(19)15-8-7-14(20-2)11-16(15)21-3/h7-8,11,13,17H,4-6,9-10,12,18H2,1-3H3. The van der Waals surface area contributed by atoms with Gasteiger partial charge in [-0.3, -0.25) is 4.90 Å². The van der Waals surface area contributed by atoms with E-state index < -0.39 is 0 Å². The van der Waals surface area contributed by atoms with Crippen LogP contribution in [0.1, 0.15) is 37.8 Å². The van der Waals surface area contributed by atoms with E-state index in [-0.39, 0.29) is 0 Å². The molecule has 1 aliphatic heterocycles. The number of ether oxygens (including phenoxy) is 2. The minimum absolute atomic E-state index is 0.351. The zero-order valence-electron chi connectivity index (χ0n) is 13.5. The van der Waals surface area contributed by atoms with Crippen LogP contribution in [0, 0.1) is 5.92 Å². The highest BCUT2D eigenvalue weighted by Gasteiger charge is 2.33. The van der Waals surface area contributed by atoms with E-state index in [4.69, 9.17) is 15.2 Å². The first kappa shape index (κ1) is 16.1. The molecule has 21 heavy (non-hydrogen) atoms. The van der Waals surface area contributed by atoms with Gasteiger partial charge < -0.3 is 15.2 Å². The van der Waals surface area contributed by atoms with E-state index >= 15 is 0 Å². The Kier molecular flexibility index (Phi) is 5.88. The first-order valence-corrected chi connectivity index (χ1v) is 7.91. The molecule has 4 nitrogen and oxygen atoms in total. The molecule has 2 atom stereocenters. The molecule has 2 N–H and O–H groups in total. The van der Waals surface area contributed by atoms with Gasteiger partial charge in [0.25, 0.3) is 0 Å². The number of benzene rings is 1. The van der Waals surface area contributed by atoms with Gasteiger partial charge in [-0.05, 0) is 50.9 Å². The van der Waals surface area contributed by atoms with Crippen LogP contribution in [0.25, 0.3) is 0 Å². The Hall–Kier alpha value is -1.26. The number of hydrogen-bond donors (Lipinski definition) is 1. The van der Waals surface area contributed by atoms with Crippen molar-refractivity contribution in [2.75, 3.05) is 33.9 Å². The molecule has 0 aromatic heterocycles. The molecule has 4 heteroatoms. The van der Waals surface area contributed by atoms with Crippen LogP contribution < -0.4 is 15.2 Å². The molecular weight excluding hydrogens is 264 g/mol. The fraction of sp³-hybridized carbons (Fsp3) is 0.647. The lowest BCUT2D eigenvalue weighted by Crippen LogP contribution is -2.42. The van der Waals surface area contributed by atoms with Crippen molar-refractivity contribution in [2.45, 2.75) is 32.2 Å². The molecule has 1 aromatic carbocycles. The Bertz CT molecular complexity index is 448. The minimum atomic E-state index is 0.351. The summed E-state index contributed by atoms with van der Waals surface area (Å²) in [7, 11) is 3.41. The summed E-state index contributed by atoms with van der Waals surface area (Å²) in [6.07, 6.45) is 3.58. The maximum Gasteiger partial charge on any atom is 0.127 e. The molecule has 1 saturated heterocycles. The Morgan fingerprint density at radius 2 is 2.10 bits per heavy atom. The molecule has 0 bridgehead atoms. The maximum absolute atomic E-state index is 6.04. The third-order valence-corrected chi connectivity index (χ3v) is 4.43.